The van der Waals surface area contributed by atoms with E-state index in [1.54, 1.807) is 18.7 Å². The van der Waals surface area contributed by atoms with Gasteiger partial charge >= 0.3 is 6.09 Å². The molecule has 9 atom stereocenters. The maximum absolute atomic E-state index is 16.9. The number of halogens is 4. The Kier molecular flexibility index (Phi) is 11.4. The van der Waals surface area contributed by atoms with Crippen LogP contribution in [0.4, 0.5) is 18.0 Å². The Hall–Kier alpha value is -3.45. The number of allylic oxidation sites excluding steroid dienone is 4. The summed E-state index contributed by atoms with van der Waals surface area (Å²) in [5.41, 5.74) is 0.552. The summed E-state index contributed by atoms with van der Waals surface area (Å²) in [4.78, 5) is 43.1. The highest BCUT2D eigenvalue weighted by Gasteiger charge is 2.76. The maximum atomic E-state index is 16.9. The molecular formula is C44H50ClF3N2O6S. The number of alkyl halides is 3. The van der Waals surface area contributed by atoms with Gasteiger partial charge in [-0.05, 0) is 123 Å². The van der Waals surface area contributed by atoms with E-state index in [4.69, 9.17) is 21.3 Å². The lowest BCUT2D eigenvalue weighted by atomic mass is 9.44. The molecule has 3 saturated carbocycles. The van der Waals surface area contributed by atoms with Gasteiger partial charge in [0.1, 0.15) is 17.8 Å². The summed E-state index contributed by atoms with van der Waals surface area (Å²) >= 11 is 6.64. The Labute approximate surface area is 341 Å². The fourth-order valence-electron chi connectivity index (χ4n) is 11.2. The number of aryl methyl sites for hydroxylation is 2. The van der Waals surface area contributed by atoms with Crippen molar-refractivity contribution in [2.24, 2.45) is 28.6 Å². The van der Waals surface area contributed by atoms with Gasteiger partial charge in [0.25, 0.3) is 0 Å². The number of ketones is 1. The summed E-state index contributed by atoms with van der Waals surface area (Å²) in [5.74, 6) is -2.57. The molecule has 4 fully saturated rings. The molecule has 0 unspecified atom stereocenters. The van der Waals surface area contributed by atoms with Gasteiger partial charge < -0.3 is 19.8 Å². The molecule has 1 aromatic heterocycles. The number of thioether (sulfide) groups is 1. The lowest BCUT2D eigenvalue weighted by Crippen LogP contribution is -2.70. The molecule has 2 heterocycles. The van der Waals surface area contributed by atoms with Crippen LogP contribution in [0, 0.1) is 28.6 Å². The van der Waals surface area contributed by atoms with Crippen molar-refractivity contribution in [1.29, 1.82) is 0 Å². The molecule has 0 radical (unpaired) electrons. The van der Waals surface area contributed by atoms with E-state index in [-0.39, 0.29) is 30.9 Å². The Morgan fingerprint density at radius 3 is 2.51 bits per heavy atom. The van der Waals surface area contributed by atoms with Crippen molar-refractivity contribution in [3.05, 3.63) is 93.3 Å². The molecule has 8 nitrogen and oxygen atoms in total. The minimum Gasteiger partial charge on any atom is -0.450 e. The van der Waals surface area contributed by atoms with Crippen molar-refractivity contribution in [3.8, 4) is 0 Å². The fraction of sp³-hybridized carbons (Fsp3) is 0.545. The van der Waals surface area contributed by atoms with Crippen LogP contribution in [0.5, 0.6) is 0 Å². The quantitative estimate of drug-likeness (QED) is 0.317. The summed E-state index contributed by atoms with van der Waals surface area (Å²) in [6, 6.07) is 9.35. The van der Waals surface area contributed by atoms with Crippen LogP contribution < -0.4 is 0 Å². The lowest BCUT2D eigenvalue weighted by molar-refractivity contribution is -0.221. The van der Waals surface area contributed by atoms with E-state index in [0.29, 0.717) is 31.5 Å². The molecule has 6 aliphatic rings. The SMILES string of the molecule is CCOC(=O)N1CCC(=C2c3ccc(Cl)cc3CCc3cccnc32)CC1.C[C@@H]1C[C@H]2[C@@H]3C[C@H](F)C4=CC(=O)C=C[C@]4(C)[C@@]3(F)[C@@H](O)C[C@]2(C)[C@@]1(O)C(=O)SCF. The molecule has 0 bridgehead atoms. The second kappa shape index (κ2) is 15.6. The second-order valence-corrected chi connectivity index (χ2v) is 18.1. The average Bonchev–Trinajstić information content (AvgIpc) is 3.28. The molecule has 0 spiro atoms. The molecule has 1 amide bonds. The number of pyridine rings is 1. The van der Waals surface area contributed by atoms with Gasteiger partial charge in [0.05, 0.1) is 18.4 Å². The highest BCUT2D eigenvalue weighted by molar-refractivity contribution is 8.13. The first kappa shape index (κ1) is 41.7. The van der Waals surface area contributed by atoms with Gasteiger partial charge in [-0.1, -0.05) is 61.0 Å². The van der Waals surface area contributed by atoms with Crippen LogP contribution in [0.3, 0.4) is 0 Å². The summed E-state index contributed by atoms with van der Waals surface area (Å²) in [6.07, 6.45) is 5.56. The first-order valence-corrected chi connectivity index (χ1v) is 21.2. The normalized spacial score (nSPS) is 35.3. The number of amides is 1. The Balaban J connectivity index is 0.000000175. The topological polar surface area (TPSA) is 117 Å². The van der Waals surface area contributed by atoms with Gasteiger partial charge in [-0.3, -0.25) is 14.6 Å². The third-order valence-corrected chi connectivity index (χ3v) is 15.0. The third kappa shape index (κ3) is 6.61. The maximum Gasteiger partial charge on any atom is 0.409 e. The molecular weight excluding hydrogens is 777 g/mol. The number of benzene rings is 1. The highest BCUT2D eigenvalue weighted by atomic mass is 35.5. The summed E-state index contributed by atoms with van der Waals surface area (Å²) in [6.45, 7) is 8.41. The summed E-state index contributed by atoms with van der Waals surface area (Å²) in [5, 5.41) is 22.6. The lowest BCUT2D eigenvalue weighted by Gasteiger charge is -2.63. The van der Waals surface area contributed by atoms with Crippen LogP contribution in [0.1, 0.15) is 82.2 Å². The predicted molar refractivity (Wildman–Crippen MR) is 214 cm³/mol. The monoisotopic (exact) mass is 826 g/mol. The van der Waals surface area contributed by atoms with Gasteiger partial charge in [0.2, 0.25) is 5.12 Å². The van der Waals surface area contributed by atoms with Crippen LogP contribution in [0.25, 0.3) is 5.57 Å². The standard InChI is InChI=1S/C22H23ClN2O2.C22H27F3O4S/c1-2-27-22(26)25-12-9-15(10-13-25)20-19-8-7-18(23)14-17(19)6-5-16-4-3-11-24-21(16)20;1-11-6-13-14-8-16(24)15-7-12(26)4-5-19(15,2)21(14,25)17(27)9-20(13,3)22(11,29)18(28)30-10-23/h3-4,7-8,11,14H,2,5-6,9-10,12-13H2,1H3;4-5,7,11,13-14,16-17,27,29H,6,8-10H2,1-3H3/t;11-,13+,14+,16+,17+,19+,20+,21+,22+/m.1/s1. The Bertz CT molecular complexity index is 2050. The van der Waals surface area contributed by atoms with E-state index in [9.17, 15) is 29.0 Å². The number of aromatic nitrogens is 1. The van der Waals surface area contributed by atoms with Gasteiger partial charge in [-0.25, -0.2) is 18.0 Å². The van der Waals surface area contributed by atoms with E-state index in [2.05, 4.69) is 18.2 Å². The number of likely N-dealkylation sites (tertiary alicyclic amines) is 1. The number of fused-ring (bicyclic) bond motifs is 7. The Morgan fingerprint density at radius 2 is 1.81 bits per heavy atom. The van der Waals surface area contributed by atoms with E-state index < -0.39 is 69.0 Å². The number of carbonyl (C=O) groups is 3. The minimum absolute atomic E-state index is 0.0294. The molecule has 57 heavy (non-hydrogen) atoms. The second-order valence-electron chi connectivity index (χ2n) is 16.8. The van der Waals surface area contributed by atoms with Crippen molar-refractivity contribution < 1.29 is 42.5 Å². The van der Waals surface area contributed by atoms with Crippen molar-refractivity contribution >= 4 is 45.9 Å². The number of carbonyl (C=O) groups excluding carboxylic acids is 3. The minimum atomic E-state index is -2.26. The van der Waals surface area contributed by atoms with E-state index in [1.165, 1.54) is 46.9 Å². The van der Waals surface area contributed by atoms with Crippen LogP contribution >= 0.6 is 23.4 Å². The molecule has 5 aliphatic carbocycles. The number of aliphatic hydroxyl groups excluding tert-OH is 1. The molecule has 1 aromatic carbocycles. The van der Waals surface area contributed by atoms with E-state index >= 15 is 8.78 Å². The number of aliphatic hydroxyl groups is 2. The number of hydrogen-bond donors (Lipinski definition) is 2. The number of ether oxygens (including phenoxy) is 1. The average molecular weight is 827 g/mol. The van der Waals surface area contributed by atoms with Crippen LogP contribution in [-0.4, -0.2) is 86.3 Å². The third-order valence-electron chi connectivity index (χ3n) is 14.1. The van der Waals surface area contributed by atoms with Gasteiger partial charge in [0.15, 0.2) is 11.5 Å². The molecule has 1 aliphatic heterocycles. The molecule has 2 N–H and O–H groups in total. The van der Waals surface area contributed by atoms with Crippen molar-refractivity contribution in [2.45, 2.75) is 96.2 Å². The number of piperidine rings is 1. The molecule has 8 rings (SSSR count). The van der Waals surface area contributed by atoms with Crippen molar-refractivity contribution in [3.63, 3.8) is 0 Å². The zero-order valence-corrected chi connectivity index (χ0v) is 34.3. The van der Waals surface area contributed by atoms with Gasteiger partial charge in [-0.15, -0.1) is 0 Å². The number of rotatable bonds is 3. The zero-order chi connectivity index (χ0) is 41.1. The Morgan fingerprint density at radius 1 is 1.09 bits per heavy atom. The first-order valence-electron chi connectivity index (χ1n) is 19.8. The molecule has 306 valence electrons. The van der Waals surface area contributed by atoms with Gasteiger partial charge in [-0.2, -0.15) is 0 Å². The zero-order valence-electron chi connectivity index (χ0n) is 32.7. The first-order chi connectivity index (χ1) is 27.0. The molecule has 13 heteroatoms. The predicted octanol–water partition coefficient (Wildman–Crippen LogP) is 8.36. The van der Waals surface area contributed by atoms with Crippen molar-refractivity contribution in [1.82, 2.24) is 9.88 Å². The largest absolute Gasteiger partial charge is 0.450 e. The summed E-state index contributed by atoms with van der Waals surface area (Å²) < 4.78 is 50.2. The summed E-state index contributed by atoms with van der Waals surface area (Å²) in [7, 11) is 0. The van der Waals surface area contributed by atoms with Crippen molar-refractivity contribution in [2.75, 3.05) is 25.7 Å². The van der Waals surface area contributed by atoms with E-state index in [1.807, 2.05) is 25.3 Å². The van der Waals surface area contributed by atoms with Crippen LogP contribution in [0.15, 0.2) is 65.9 Å². The van der Waals surface area contributed by atoms with E-state index in [0.717, 1.165) is 42.5 Å². The van der Waals surface area contributed by atoms with Crippen LogP contribution in [0.2, 0.25) is 5.02 Å². The molecule has 2 aromatic rings. The van der Waals surface area contributed by atoms with Crippen LogP contribution in [-0.2, 0) is 27.2 Å². The van der Waals surface area contributed by atoms with Gasteiger partial charge in [0, 0.05) is 46.6 Å². The smallest absolute Gasteiger partial charge is 0.409 e. The number of nitrogens with zero attached hydrogens (tertiary/aromatic N) is 2. The molecule has 1 saturated heterocycles. The number of hydrogen-bond acceptors (Lipinski definition) is 8. The fourth-order valence-corrected chi connectivity index (χ4v) is 12.1. The highest BCUT2D eigenvalue weighted by Crippen LogP contribution is 2.71.